The van der Waals surface area contributed by atoms with Crippen molar-refractivity contribution in [2.45, 2.75) is 57.9 Å². The highest BCUT2D eigenvalue weighted by atomic mass is 32.1. The predicted molar refractivity (Wildman–Crippen MR) is 111 cm³/mol. The zero-order chi connectivity index (χ0) is 18.8. The third-order valence-electron chi connectivity index (χ3n) is 5.57. The number of nitrogens with one attached hydrogen (secondary N) is 1. The Labute approximate surface area is 165 Å². The normalized spacial score (nSPS) is 23.4. The maximum absolute atomic E-state index is 11.9. The number of amides is 1. The number of anilines is 1. The van der Waals surface area contributed by atoms with Gasteiger partial charge in [0.2, 0.25) is 0 Å². The SMILES string of the molecule is CC(C)COC(=O)Nc1ccc2nc([C@H]3C[C@@H](N4CCCCC4)C3)sc2c1. The molecule has 2 heterocycles. The van der Waals surface area contributed by atoms with Crippen molar-refractivity contribution in [3.05, 3.63) is 23.2 Å². The number of piperidine rings is 1. The monoisotopic (exact) mass is 387 g/mol. The van der Waals surface area contributed by atoms with E-state index in [1.807, 2.05) is 32.0 Å². The van der Waals surface area contributed by atoms with Crippen LogP contribution in [0.1, 0.15) is 56.9 Å². The van der Waals surface area contributed by atoms with Gasteiger partial charge in [-0.2, -0.15) is 0 Å². The molecule has 4 rings (SSSR count). The molecule has 27 heavy (non-hydrogen) atoms. The number of nitrogens with zero attached hydrogens (tertiary/aromatic N) is 2. The smallest absolute Gasteiger partial charge is 0.411 e. The van der Waals surface area contributed by atoms with Crippen molar-refractivity contribution in [1.29, 1.82) is 0 Å². The molecule has 1 N–H and O–H groups in total. The molecule has 1 aromatic heterocycles. The van der Waals surface area contributed by atoms with Crippen LogP contribution in [0.5, 0.6) is 0 Å². The van der Waals surface area contributed by atoms with Crippen LogP contribution in [0.15, 0.2) is 18.2 Å². The van der Waals surface area contributed by atoms with Crippen LogP contribution >= 0.6 is 11.3 Å². The van der Waals surface area contributed by atoms with Crippen LogP contribution in [0, 0.1) is 5.92 Å². The molecule has 1 saturated carbocycles. The largest absolute Gasteiger partial charge is 0.449 e. The lowest BCUT2D eigenvalue weighted by molar-refractivity contribution is 0.0888. The standard InChI is InChI=1S/C21H29N3O2S/c1-14(2)13-26-21(25)22-16-6-7-18-19(12-16)27-20(23-18)15-10-17(11-15)24-8-4-3-5-9-24/h6-7,12,14-15,17H,3-5,8-11,13H2,1-2H3,(H,22,25)/t15-,17+. The quantitative estimate of drug-likeness (QED) is 0.763. The maximum atomic E-state index is 11.9. The Morgan fingerprint density at radius 3 is 2.81 bits per heavy atom. The maximum Gasteiger partial charge on any atom is 0.411 e. The number of carbonyl (C=O) groups excluding carboxylic acids is 1. The molecule has 0 unspecified atom stereocenters. The number of benzene rings is 1. The van der Waals surface area contributed by atoms with E-state index in [4.69, 9.17) is 9.72 Å². The third-order valence-corrected chi connectivity index (χ3v) is 6.75. The molecule has 5 nitrogen and oxygen atoms in total. The summed E-state index contributed by atoms with van der Waals surface area (Å²) >= 11 is 1.77. The molecule has 0 bridgehead atoms. The van der Waals surface area contributed by atoms with E-state index in [2.05, 4.69) is 10.2 Å². The van der Waals surface area contributed by atoms with E-state index in [0.717, 1.165) is 21.9 Å². The second kappa shape index (κ2) is 8.15. The van der Waals surface area contributed by atoms with Gasteiger partial charge in [0.25, 0.3) is 0 Å². The van der Waals surface area contributed by atoms with Gasteiger partial charge in [0, 0.05) is 17.6 Å². The summed E-state index contributed by atoms with van der Waals surface area (Å²) in [5.41, 5.74) is 1.80. The molecule has 1 aliphatic carbocycles. The molecule has 1 aromatic carbocycles. The summed E-state index contributed by atoms with van der Waals surface area (Å²) in [5, 5.41) is 4.06. The van der Waals surface area contributed by atoms with Crippen LogP contribution in [0.4, 0.5) is 10.5 Å². The van der Waals surface area contributed by atoms with Gasteiger partial charge in [-0.05, 0) is 62.9 Å². The summed E-state index contributed by atoms with van der Waals surface area (Å²) in [6.07, 6.45) is 6.20. The van der Waals surface area contributed by atoms with Gasteiger partial charge in [-0.15, -0.1) is 11.3 Å². The molecule has 0 radical (unpaired) electrons. The molecule has 146 valence electrons. The van der Waals surface area contributed by atoms with Gasteiger partial charge in [0.15, 0.2) is 0 Å². The molecule has 2 aromatic rings. The van der Waals surface area contributed by atoms with Crippen LogP contribution in [0.2, 0.25) is 0 Å². The fourth-order valence-electron chi connectivity index (χ4n) is 3.96. The van der Waals surface area contributed by atoms with Crippen molar-refractivity contribution in [3.8, 4) is 0 Å². The highest BCUT2D eigenvalue weighted by Gasteiger charge is 2.36. The number of hydrogen-bond donors (Lipinski definition) is 1. The molecular weight excluding hydrogens is 358 g/mol. The summed E-state index contributed by atoms with van der Waals surface area (Å²) < 4.78 is 6.32. The number of rotatable bonds is 5. The molecule has 0 atom stereocenters. The summed E-state index contributed by atoms with van der Waals surface area (Å²) in [6.45, 7) is 7.03. The van der Waals surface area contributed by atoms with E-state index in [1.165, 1.54) is 50.2 Å². The highest BCUT2D eigenvalue weighted by molar-refractivity contribution is 7.18. The molecule has 0 spiro atoms. The van der Waals surface area contributed by atoms with E-state index in [9.17, 15) is 4.79 Å². The Kier molecular flexibility index (Phi) is 5.64. The van der Waals surface area contributed by atoms with Crippen molar-refractivity contribution in [2.24, 2.45) is 5.92 Å². The first kappa shape index (κ1) is 18.7. The van der Waals surface area contributed by atoms with Gasteiger partial charge < -0.3 is 9.64 Å². The first-order valence-corrected chi connectivity index (χ1v) is 11.0. The van der Waals surface area contributed by atoms with Gasteiger partial charge in [0.05, 0.1) is 21.8 Å². The summed E-state index contributed by atoms with van der Waals surface area (Å²) in [6, 6.07) is 6.66. The minimum Gasteiger partial charge on any atom is -0.449 e. The first-order chi connectivity index (χ1) is 13.1. The minimum absolute atomic E-state index is 0.332. The zero-order valence-corrected chi connectivity index (χ0v) is 17.1. The number of hydrogen-bond acceptors (Lipinski definition) is 5. The molecule has 1 aliphatic heterocycles. The average molecular weight is 388 g/mol. The Balaban J connectivity index is 1.36. The average Bonchev–Trinajstić information content (AvgIpc) is 3.02. The number of carbonyl (C=O) groups is 1. The fraction of sp³-hybridized carbons (Fsp3) is 0.619. The van der Waals surface area contributed by atoms with E-state index in [0.29, 0.717) is 18.4 Å². The lowest BCUT2D eigenvalue weighted by Crippen LogP contribution is -2.46. The number of aromatic nitrogens is 1. The van der Waals surface area contributed by atoms with Gasteiger partial charge in [-0.3, -0.25) is 5.32 Å². The van der Waals surface area contributed by atoms with E-state index in [-0.39, 0.29) is 0 Å². The van der Waals surface area contributed by atoms with Crippen molar-refractivity contribution in [2.75, 3.05) is 25.0 Å². The first-order valence-electron chi connectivity index (χ1n) is 10.2. The lowest BCUT2D eigenvalue weighted by atomic mass is 9.79. The van der Waals surface area contributed by atoms with Crippen molar-refractivity contribution in [3.63, 3.8) is 0 Å². The summed E-state index contributed by atoms with van der Waals surface area (Å²) in [7, 11) is 0. The molecule has 2 fully saturated rings. The van der Waals surface area contributed by atoms with Gasteiger partial charge in [-0.25, -0.2) is 9.78 Å². The summed E-state index contributed by atoms with van der Waals surface area (Å²) in [4.78, 5) is 19.4. The highest BCUT2D eigenvalue weighted by Crippen LogP contribution is 2.43. The van der Waals surface area contributed by atoms with Crippen molar-refractivity contribution in [1.82, 2.24) is 9.88 Å². The Morgan fingerprint density at radius 2 is 2.07 bits per heavy atom. The van der Waals surface area contributed by atoms with Crippen LogP contribution in [-0.2, 0) is 4.74 Å². The molecule has 1 amide bonds. The molecule has 1 saturated heterocycles. The zero-order valence-electron chi connectivity index (χ0n) is 16.2. The third kappa shape index (κ3) is 4.43. The number of thiazole rings is 1. The van der Waals surface area contributed by atoms with Crippen LogP contribution in [-0.4, -0.2) is 41.7 Å². The van der Waals surface area contributed by atoms with Gasteiger partial charge in [-0.1, -0.05) is 20.3 Å². The van der Waals surface area contributed by atoms with Crippen LogP contribution in [0.3, 0.4) is 0 Å². The number of fused-ring (bicyclic) bond motifs is 1. The molecule has 2 aliphatic rings. The Hall–Kier alpha value is -1.66. The molecule has 6 heteroatoms. The van der Waals surface area contributed by atoms with Gasteiger partial charge in [0.1, 0.15) is 0 Å². The van der Waals surface area contributed by atoms with Crippen LogP contribution in [0.25, 0.3) is 10.2 Å². The van der Waals surface area contributed by atoms with E-state index < -0.39 is 6.09 Å². The van der Waals surface area contributed by atoms with Crippen molar-refractivity contribution >= 4 is 33.3 Å². The second-order valence-electron chi connectivity index (χ2n) is 8.27. The van der Waals surface area contributed by atoms with Gasteiger partial charge >= 0.3 is 6.09 Å². The Bertz CT molecular complexity index is 792. The number of likely N-dealkylation sites (tertiary alicyclic amines) is 1. The predicted octanol–water partition coefficient (Wildman–Crippen LogP) is 5.23. The van der Waals surface area contributed by atoms with E-state index in [1.54, 1.807) is 11.3 Å². The fourth-order valence-corrected chi connectivity index (χ4v) is 5.09. The van der Waals surface area contributed by atoms with E-state index >= 15 is 0 Å². The van der Waals surface area contributed by atoms with Crippen molar-refractivity contribution < 1.29 is 9.53 Å². The second-order valence-corrected chi connectivity index (χ2v) is 9.33. The lowest BCUT2D eigenvalue weighted by Gasteiger charge is -2.43. The number of ether oxygens (including phenoxy) is 1. The summed E-state index contributed by atoms with van der Waals surface area (Å²) in [5.74, 6) is 0.931. The minimum atomic E-state index is -0.392. The molecular formula is C21H29N3O2S. The van der Waals surface area contributed by atoms with Crippen LogP contribution < -0.4 is 5.32 Å². The Morgan fingerprint density at radius 1 is 1.30 bits per heavy atom. The topological polar surface area (TPSA) is 54.5 Å².